The first-order valence-corrected chi connectivity index (χ1v) is 15.9. The van der Waals surface area contributed by atoms with E-state index in [1.165, 1.54) is 0 Å². The summed E-state index contributed by atoms with van der Waals surface area (Å²) in [6.07, 6.45) is 3.58. The first-order chi connectivity index (χ1) is 15.3. The molecule has 0 amide bonds. The maximum atomic E-state index is 4.93. The van der Waals surface area contributed by atoms with E-state index in [0.717, 1.165) is 22.8 Å². The molecule has 0 aliphatic rings. The largest absolute Gasteiger partial charge is 0.679 e. The molecule has 0 saturated heterocycles. The molecule has 0 N–H and O–H groups in total. The van der Waals surface area contributed by atoms with Crippen molar-refractivity contribution < 1.29 is 20.8 Å². The Bertz CT molecular complexity index is 773. The third kappa shape index (κ3) is 11.7. The molecular weight excluding hydrogens is 506 g/mol. The van der Waals surface area contributed by atoms with Gasteiger partial charge in [0, 0.05) is 23.8 Å². The number of pyridine rings is 2. The summed E-state index contributed by atoms with van der Waals surface area (Å²) in [5, 5.41) is 8.83. The Labute approximate surface area is 202 Å². The Morgan fingerprint density at radius 2 is 0.903 bits per heavy atom. The second kappa shape index (κ2) is 16.5. The third-order valence-electron chi connectivity index (χ3n) is 3.81. The van der Waals surface area contributed by atoms with Gasteiger partial charge in [0.1, 0.15) is 0 Å². The summed E-state index contributed by atoms with van der Waals surface area (Å²) >= 11 is -0.826. The summed E-state index contributed by atoms with van der Waals surface area (Å²) in [6, 6.07) is 31.6. The number of hydrogen-bond acceptors (Lipinski definition) is 2. The molecule has 4 aromatic rings. The molecule has 2 heterocycles. The van der Waals surface area contributed by atoms with E-state index < -0.39 is 20.8 Å². The minimum absolute atomic E-state index is 0.644. The molecule has 2 aromatic heterocycles. The van der Waals surface area contributed by atoms with Crippen molar-refractivity contribution in [2.24, 2.45) is 0 Å². The van der Waals surface area contributed by atoms with Gasteiger partial charge < -0.3 is 10.6 Å². The van der Waals surface area contributed by atoms with Gasteiger partial charge in [-0.1, -0.05) is 85.9 Å². The minimum Gasteiger partial charge on any atom is -0.679 e. The molecule has 2 aromatic carbocycles. The maximum absolute atomic E-state index is 4.93. The molecule has 0 aliphatic carbocycles. The van der Waals surface area contributed by atoms with Crippen LogP contribution in [0.3, 0.4) is 0 Å². The summed E-state index contributed by atoms with van der Waals surface area (Å²) in [4.78, 5) is 8.40. The van der Waals surface area contributed by atoms with E-state index in [2.05, 4.69) is 20.6 Å². The van der Waals surface area contributed by atoms with Gasteiger partial charge in [-0.3, -0.25) is 9.97 Å². The van der Waals surface area contributed by atoms with E-state index >= 15 is 0 Å². The molecule has 0 bridgehead atoms. The van der Waals surface area contributed by atoms with Gasteiger partial charge in [-0.25, -0.2) is 0 Å². The second-order valence-electron chi connectivity index (χ2n) is 6.02. The van der Waals surface area contributed by atoms with Crippen LogP contribution in [-0.2, 0) is 33.9 Å². The van der Waals surface area contributed by atoms with Gasteiger partial charge in [0.25, 0.3) is 0 Å². The van der Waals surface area contributed by atoms with Gasteiger partial charge in [0.2, 0.25) is 0 Å². The molecule has 0 spiro atoms. The Balaban J connectivity index is 0.000000196. The molecule has 0 radical (unpaired) electrons. The van der Waals surface area contributed by atoms with Crippen LogP contribution in [0.4, 0.5) is 11.4 Å². The van der Waals surface area contributed by atoms with Gasteiger partial charge in [-0.15, -0.1) is 11.4 Å². The van der Waals surface area contributed by atoms with E-state index in [9.17, 15) is 0 Å². The van der Waals surface area contributed by atoms with E-state index in [-0.39, 0.29) is 0 Å². The quantitative estimate of drug-likeness (QED) is 0.255. The zero-order valence-electron chi connectivity index (χ0n) is 16.9. The zero-order valence-corrected chi connectivity index (χ0v) is 20.8. The van der Waals surface area contributed by atoms with Crippen LogP contribution in [0, 0.1) is 0 Å². The molecule has 0 fully saturated rings. The predicted octanol–water partition coefficient (Wildman–Crippen LogP) is 7.95. The second-order valence-corrected chi connectivity index (χ2v) is 9.75. The van der Waals surface area contributed by atoms with E-state index in [1.54, 1.807) is 12.4 Å². The van der Waals surface area contributed by atoms with Crippen LogP contribution < -0.4 is 0 Å². The van der Waals surface area contributed by atoms with E-state index in [4.69, 9.17) is 17.0 Å². The number of halogens is 2. The molecule has 7 heteroatoms. The summed E-state index contributed by atoms with van der Waals surface area (Å²) in [7, 11) is 9.87. The maximum Gasteiger partial charge on any atom is 0.0270 e. The van der Waals surface area contributed by atoms with Crippen LogP contribution in [-0.4, -0.2) is 9.97 Å². The molecule has 0 aliphatic heterocycles. The number of hydrogen-bond donors (Lipinski definition) is 0. The summed E-state index contributed by atoms with van der Waals surface area (Å²) < 4.78 is 0. The average Bonchev–Trinajstić information content (AvgIpc) is 2.85. The molecule has 31 heavy (non-hydrogen) atoms. The summed E-state index contributed by atoms with van der Waals surface area (Å²) in [5.41, 5.74) is 3.99. The fraction of sp³-hybridized carbons (Fsp3) is 0.0833. The summed E-state index contributed by atoms with van der Waals surface area (Å²) in [6.45, 7) is 1.29. The average molecular weight is 529 g/mol. The number of para-hydroxylation sites is 2. The minimum atomic E-state index is -0.826. The molecule has 4 nitrogen and oxygen atoms in total. The molecular formula is C24H22Cl2N4Zr. The van der Waals surface area contributed by atoms with Gasteiger partial charge in [0.15, 0.2) is 0 Å². The van der Waals surface area contributed by atoms with E-state index in [0.29, 0.717) is 13.1 Å². The number of benzene rings is 2. The predicted molar refractivity (Wildman–Crippen MR) is 127 cm³/mol. The third-order valence-corrected chi connectivity index (χ3v) is 3.81. The van der Waals surface area contributed by atoms with Crippen molar-refractivity contribution in [3.63, 3.8) is 0 Å². The monoisotopic (exact) mass is 526 g/mol. The Hall–Kier alpha value is -2.20. The van der Waals surface area contributed by atoms with Crippen LogP contribution in [0.1, 0.15) is 11.4 Å². The fourth-order valence-corrected chi connectivity index (χ4v) is 2.39. The Morgan fingerprint density at radius 3 is 1.23 bits per heavy atom. The topological polar surface area (TPSA) is 54.0 Å². The van der Waals surface area contributed by atoms with Crippen molar-refractivity contribution in [2.75, 3.05) is 0 Å². The smallest absolute Gasteiger partial charge is 0.0270 e. The van der Waals surface area contributed by atoms with Crippen LogP contribution in [0.2, 0.25) is 0 Å². The molecule has 156 valence electrons. The Kier molecular flexibility index (Phi) is 13.3. The van der Waals surface area contributed by atoms with Crippen molar-refractivity contribution in [3.05, 3.63) is 131 Å². The standard InChI is InChI=1S/2C12H11N2.2ClH.Zr/c2*1-2-6-11(7-3-1)14-10-12-8-4-5-9-13-12;;;/h2*1-9H,10H2;2*1H;/q2*-1;;;+4/p-2. The normalized spacial score (nSPS) is 9.10. The first kappa shape index (κ1) is 25.1. The van der Waals surface area contributed by atoms with Crippen LogP contribution in [0.5, 0.6) is 0 Å². The van der Waals surface area contributed by atoms with Crippen molar-refractivity contribution in [3.8, 4) is 0 Å². The Morgan fingerprint density at radius 1 is 0.548 bits per heavy atom. The number of nitrogens with zero attached hydrogens (tertiary/aromatic N) is 4. The molecule has 4 rings (SSSR count). The van der Waals surface area contributed by atoms with Gasteiger partial charge in [0.05, 0.1) is 0 Å². The van der Waals surface area contributed by atoms with Gasteiger partial charge in [-0.05, 0) is 24.3 Å². The van der Waals surface area contributed by atoms with Crippen LogP contribution in [0.15, 0.2) is 109 Å². The first-order valence-electron chi connectivity index (χ1n) is 9.53. The molecule has 0 unspecified atom stereocenters. The summed E-state index contributed by atoms with van der Waals surface area (Å²) in [5.74, 6) is 0. The van der Waals surface area contributed by atoms with Crippen LogP contribution >= 0.6 is 17.0 Å². The zero-order chi connectivity index (χ0) is 22.0. The molecule has 0 atom stereocenters. The SMILES string of the molecule is [Cl][Zr+2][Cl].c1ccc([N-]Cc2ccccn2)cc1.c1ccc([N-]Cc2ccccn2)cc1. The van der Waals surface area contributed by atoms with E-state index in [1.807, 2.05) is 97.1 Å². The van der Waals surface area contributed by atoms with Crippen LogP contribution in [0.25, 0.3) is 10.6 Å². The van der Waals surface area contributed by atoms with Crippen molar-refractivity contribution in [2.45, 2.75) is 13.1 Å². The van der Waals surface area contributed by atoms with Gasteiger partial charge >= 0.3 is 37.9 Å². The van der Waals surface area contributed by atoms with Gasteiger partial charge in [-0.2, -0.15) is 0 Å². The molecule has 0 saturated carbocycles. The fourth-order valence-electron chi connectivity index (χ4n) is 2.39. The van der Waals surface area contributed by atoms with Crippen molar-refractivity contribution in [1.29, 1.82) is 0 Å². The number of rotatable bonds is 6. The number of aromatic nitrogens is 2. The van der Waals surface area contributed by atoms with Crippen molar-refractivity contribution >= 4 is 28.4 Å². The van der Waals surface area contributed by atoms with Crippen molar-refractivity contribution in [1.82, 2.24) is 9.97 Å².